The van der Waals surface area contributed by atoms with E-state index >= 15 is 0 Å². The molecule has 0 saturated heterocycles. The highest BCUT2D eigenvalue weighted by Crippen LogP contribution is 2.66. The molecule has 3 unspecified atom stereocenters. The standard InChI is InChI=1S/C21H30O3.C2H2/c1-12(22)16-6-7-17-15-5-4-13-10-14(23)8-9-20(13,2)19(15)18(24)11-21(16,17)3;1-2/h13,15-17,19H,4-11H2,1-3H3;1-2H/t13?,15-,16+,17?,19?,20-,21+;/m0./s1. The minimum atomic E-state index is -0.113. The molecule has 0 bridgehead atoms. The number of hydrogen-bond acceptors (Lipinski definition) is 3. The van der Waals surface area contributed by atoms with Gasteiger partial charge in [-0.2, -0.15) is 0 Å². The lowest BCUT2D eigenvalue weighted by Gasteiger charge is -2.59. The summed E-state index contributed by atoms with van der Waals surface area (Å²) in [6, 6.07) is 0. The highest BCUT2D eigenvalue weighted by atomic mass is 16.1. The summed E-state index contributed by atoms with van der Waals surface area (Å²) in [5, 5.41) is 0. The van der Waals surface area contributed by atoms with Crippen LogP contribution in [0.2, 0.25) is 0 Å². The molecule has 0 heterocycles. The number of terminal acetylenes is 1. The molecule has 4 aliphatic carbocycles. The summed E-state index contributed by atoms with van der Waals surface area (Å²) in [6.07, 6.45) is 15.1. The predicted molar refractivity (Wildman–Crippen MR) is 101 cm³/mol. The van der Waals surface area contributed by atoms with Gasteiger partial charge in [-0.1, -0.05) is 13.8 Å². The Bertz CT molecular complexity index is 647. The van der Waals surface area contributed by atoms with E-state index in [1.807, 2.05) is 0 Å². The summed E-state index contributed by atoms with van der Waals surface area (Å²) in [6.45, 7) is 6.21. The van der Waals surface area contributed by atoms with E-state index < -0.39 is 0 Å². The molecule has 0 aliphatic heterocycles. The molecule has 4 saturated carbocycles. The second kappa shape index (κ2) is 6.63. The average molecular weight is 357 g/mol. The third-order valence-electron chi connectivity index (χ3n) is 8.66. The summed E-state index contributed by atoms with van der Waals surface area (Å²) >= 11 is 0. The molecule has 3 heteroatoms. The number of hydrogen-bond donors (Lipinski definition) is 0. The summed E-state index contributed by atoms with van der Waals surface area (Å²) < 4.78 is 0. The predicted octanol–water partition coefficient (Wildman–Crippen LogP) is 4.23. The zero-order valence-corrected chi connectivity index (χ0v) is 16.4. The van der Waals surface area contributed by atoms with Crippen LogP contribution in [-0.4, -0.2) is 17.3 Å². The van der Waals surface area contributed by atoms with Gasteiger partial charge < -0.3 is 0 Å². The van der Waals surface area contributed by atoms with E-state index in [1.165, 1.54) is 0 Å². The second-order valence-corrected chi connectivity index (χ2v) is 9.66. The molecule has 0 aromatic carbocycles. The van der Waals surface area contributed by atoms with E-state index in [0.29, 0.717) is 48.6 Å². The summed E-state index contributed by atoms with van der Waals surface area (Å²) in [5.41, 5.74) is -0.0959. The van der Waals surface area contributed by atoms with Crippen LogP contribution in [0.15, 0.2) is 0 Å². The van der Waals surface area contributed by atoms with Crippen molar-refractivity contribution in [3.8, 4) is 12.8 Å². The molecule has 0 N–H and O–H groups in total. The molecule has 0 radical (unpaired) electrons. The first-order valence-corrected chi connectivity index (χ1v) is 10.2. The highest BCUT2D eigenvalue weighted by Gasteiger charge is 2.63. The van der Waals surface area contributed by atoms with E-state index in [2.05, 4.69) is 26.7 Å². The van der Waals surface area contributed by atoms with E-state index in [0.717, 1.165) is 32.1 Å². The summed E-state index contributed by atoms with van der Waals surface area (Å²) in [7, 11) is 0. The highest BCUT2D eigenvalue weighted by molar-refractivity contribution is 5.87. The fourth-order valence-corrected chi connectivity index (χ4v) is 7.53. The average Bonchev–Trinajstić information content (AvgIpc) is 2.93. The maximum Gasteiger partial charge on any atom is 0.137 e. The zero-order chi connectivity index (χ0) is 19.3. The van der Waals surface area contributed by atoms with Gasteiger partial charge in [-0.05, 0) is 67.6 Å². The van der Waals surface area contributed by atoms with Crippen LogP contribution >= 0.6 is 0 Å². The Labute approximate surface area is 157 Å². The topological polar surface area (TPSA) is 51.2 Å². The van der Waals surface area contributed by atoms with Crippen LogP contribution < -0.4 is 0 Å². The Balaban J connectivity index is 0.000000948. The Morgan fingerprint density at radius 1 is 1.04 bits per heavy atom. The monoisotopic (exact) mass is 356 g/mol. The summed E-state index contributed by atoms with van der Waals surface area (Å²) in [5.74, 6) is 2.63. The Kier molecular flexibility index (Phi) is 4.93. The van der Waals surface area contributed by atoms with E-state index in [4.69, 9.17) is 0 Å². The molecule has 4 fully saturated rings. The minimum absolute atomic E-state index is 0.0174. The molecule has 7 atom stereocenters. The van der Waals surface area contributed by atoms with E-state index in [1.54, 1.807) is 6.92 Å². The molecule has 4 aliphatic rings. The van der Waals surface area contributed by atoms with Gasteiger partial charge in [0, 0.05) is 31.1 Å². The number of fused-ring (bicyclic) bond motifs is 5. The molecule has 0 aromatic heterocycles. The molecular weight excluding hydrogens is 324 g/mol. The normalized spacial score (nSPS) is 47.0. The van der Waals surface area contributed by atoms with Gasteiger partial charge in [0.1, 0.15) is 17.3 Å². The Morgan fingerprint density at radius 2 is 1.73 bits per heavy atom. The van der Waals surface area contributed by atoms with Gasteiger partial charge in [-0.3, -0.25) is 14.4 Å². The molecule has 3 nitrogen and oxygen atoms in total. The molecule has 26 heavy (non-hydrogen) atoms. The van der Waals surface area contributed by atoms with Gasteiger partial charge in [0.2, 0.25) is 0 Å². The van der Waals surface area contributed by atoms with Crippen LogP contribution in [0, 0.1) is 53.3 Å². The first kappa shape index (κ1) is 19.3. The molecule has 0 amide bonds. The number of carbonyl (C=O) groups excluding carboxylic acids is 3. The van der Waals surface area contributed by atoms with Crippen LogP contribution in [-0.2, 0) is 14.4 Å². The van der Waals surface area contributed by atoms with Gasteiger partial charge in [-0.25, -0.2) is 0 Å². The van der Waals surface area contributed by atoms with Crippen molar-refractivity contribution >= 4 is 17.3 Å². The maximum absolute atomic E-state index is 13.3. The Hall–Kier alpha value is -1.43. The van der Waals surface area contributed by atoms with Gasteiger partial charge in [0.25, 0.3) is 0 Å². The van der Waals surface area contributed by atoms with Gasteiger partial charge >= 0.3 is 0 Å². The van der Waals surface area contributed by atoms with Gasteiger partial charge in [-0.15, -0.1) is 12.8 Å². The number of Topliss-reactive ketones (excluding diaryl/α,β-unsaturated/α-hetero) is 3. The van der Waals surface area contributed by atoms with Crippen molar-refractivity contribution in [1.29, 1.82) is 0 Å². The van der Waals surface area contributed by atoms with Crippen molar-refractivity contribution in [2.24, 2.45) is 40.4 Å². The molecule has 0 spiro atoms. The van der Waals surface area contributed by atoms with Crippen molar-refractivity contribution in [3.05, 3.63) is 0 Å². The van der Waals surface area contributed by atoms with Crippen molar-refractivity contribution in [2.45, 2.75) is 72.1 Å². The van der Waals surface area contributed by atoms with Crippen molar-refractivity contribution in [3.63, 3.8) is 0 Å². The first-order chi connectivity index (χ1) is 12.3. The van der Waals surface area contributed by atoms with Crippen molar-refractivity contribution in [1.82, 2.24) is 0 Å². The maximum atomic E-state index is 13.3. The quantitative estimate of drug-likeness (QED) is 0.661. The van der Waals surface area contributed by atoms with Gasteiger partial charge in [0.15, 0.2) is 0 Å². The van der Waals surface area contributed by atoms with Crippen molar-refractivity contribution in [2.75, 3.05) is 0 Å². The number of carbonyl (C=O) groups is 3. The molecule has 4 rings (SSSR count). The third-order valence-corrected chi connectivity index (χ3v) is 8.66. The van der Waals surface area contributed by atoms with Crippen LogP contribution in [0.4, 0.5) is 0 Å². The lowest BCUT2D eigenvalue weighted by Crippen LogP contribution is -2.57. The molecule has 142 valence electrons. The number of ketones is 3. The molecular formula is C23H32O3. The van der Waals surface area contributed by atoms with Crippen LogP contribution in [0.3, 0.4) is 0 Å². The largest absolute Gasteiger partial charge is 0.300 e. The fourth-order valence-electron chi connectivity index (χ4n) is 7.53. The van der Waals surface area contributed by atoms with Gasteiger partial charge in [0.05, 0.1) is 0 Å². The van der Waals surface area contributed by atoms with Crippen LogP contribution in [0.1, 0.15) is 72.1 Å². The van der Waals surface area contributed by atoms with Crippen LogP contribution in [0.25, 0.3) is 0 Å². The van der Waals surface area contributed by atoms with Crippen LogP contribution in [0.5, 0.6) is 0 Å². The second-order valence-electron chi connectivity index (χ2n) is 9.66. The Morgan fingerprint density at radius 3 is 2.38 bits per heavy atom. The number of rotatable bonds is 1. The molecule has 0 aromatic rings. The van der Waals surface area contributed by atoms with E-state index in [9.17, 15) is 14.4 Å². The van der Waals surface area contributed by atoms with Crippen molar-refractivity contribution < 1.29 is 14.4 Å². The zero-order valence-electron chi connectivity index (χ0n) is 16.4. The lowest BCUT2D eigenvalue weighted by atomic mass is 9.44. The lowest BCUT2D eigenvalue weighted by molar-refractivity contribution is -0.161. The smallest absolute Gasteiger partial charge is 0.137 e. The third kappa shape index (κ3) is 2.60. The first-order valence-electron chi connectivity index (χ1n) is 10.2. The minimum Gasteiger partial charge on any atom is -0.300 e. The summed E-state index contributed by atoms with van der Waals surface area (Å²) in [4.78, 5) is 37.4. The fraction of sp³-hybridized carbons (Fsp3) is 0.783. The SMILES string of the molecule is C#C.CC(=O)[C@H]1CCC2[C@@H]3CCC4CC(=O)CC[C@]4(C)C3C(=O)C[C@@]21C. The van der Waals surface area contributed by atoms with E-state index in [-0.39, 0.29) is 28.4 Å².